The van der Waals surface area contributed by atoms with Crippen molar-refractivity contribution in [3.05, 3.63) is 29.3 Å². The van der Waals surface area contributed by atoms with E-state index in [1.54, 1.807) is 13.1 Å². The smallest absolute Gasteiger partial charge is 0.236 e. The Bertz CT molecular complexity index is 429. The quantitative estimate of drug-likeness (QED) is 0.924. The highest BCUT2D eigenvalue weighted by molar-refractivity contribution is 6.30. The zero-order valence-corrected chi connectivity index (χ0v) is 12.3. The molecule has 0 saturated carbocycles. The number of carbonyl (C=O) groups excluding carboxylic acids is 1. The third-order valence-corrected chi connectivity index (χ3v) is 3.16. The Hall–Kier alpha value is -0.970. The van der Waals surface area contributed by atoms with E-state index >= 15 is 0 Å². The second-order valence-electron chi connectivity index (χ2n) is 4.36. The number of nitrogens with one attached hydrogen (secondary N) is 1. The predicted molar refractivity (Wildman–Crippen MR) is 78.2 cm³/mol. The number of benzene rings is 1. The van der Waals surface area contributed by atoms with Gasteiger partial charge in [0.25, 0.3) is 0 Å². The molecule has 0 spiro atoms. The molecule has 1 amide bonds. The number of likely N-dealkylation sites (tertiary alicyclic amines) is 1. The highest BCUT2D eigenvalue weighted by atomic mass is 35.5. The number of nitrogens with zero attached hydrogens (tertiary/aromatic N) is 1. The fraction of sp³-hybridized carbons (Fsp3) is 0.462. The largest absolute Gasteiger partial charge is 0.488 e. The topological polar surface area (TPSA) is 41.6 Å². The van der Waals surface area contributed by atoms with Crippen molar-refractivity contribution in [2.24, 2.45) is 0 Å². The van der Waals surface area contributed by atoms with E-state index in [-0.39, 0.29) is 24.4 Å². The fourth-order valence-corrected chi connectivity index (χ4v) is 2.23. The molecule has 4 nitrogen and oxygen atoms in total. The second-order valence-corrected chi connectivity index (χ2v) is 4.79. The minimum absolute atomic E-state index is 0. The third-order valence-electron chi connectivity index (χ3n) is 2.92. The zero-order chi connectivity index (χ0) is 13.0. The molecule has 6 heteroatoms. The lowest BCUT2D eigenvalue weighted by Crippen LogP contribution is -2.36. The van der Waals surface area contributed by atoms with Gasteiger partial charge in [0.2, 0.25) is 5.91 Å². The summed E-state index contributed by atoms with van der Waals surface area (Å²) in [6.07, 6.45) is 0.923. The van der Waals surface area contributed by atoms with Crippen LogP contribution in [-0.2, 0) is 4.79 Å². The average molecular weight is 305 g/mol. The summed E-state index contributed by atoms with van der Waals surface area (Å²) < 4.78 is 5.82. The molecule has 0 aliphatic carbocycles. The molecule has 1 atom stereocenters. The maximum atomic E-state index is 11.7. The van der Waals surface area contributed by atoms with E-state index in [9.17, 15) is 4.79 Å². The summed E-state index contributed by atoms with van der Waals surface area (Å²) in [6.45, 7) is 1.78. The van der Waals surface area contributed by atoms with E-state index in [0.29, 0.717) is 18.1 Å². The fourth-order valence-electron chi connectivity index (χ4n) is 2.05. The van der Waals surface area contributed by atoms with Crippen molar-refractivity contribution in [2.45, 2.75) is 12.5 Å². The number of ether oxygens (including phenoxy) is 1. The van der Waals surface area contributed by atoms with Crippen LogP contribution in [0.4, 0.5) is 0 Å². The maximum Gasteiger partial charge on any atom is 0.236 e. The van der Waals surface area contributed by atoms with Gasteiger partial charge in [-0.25, -0.2) is 0 Å². The molecule has 0 bridgehead atoms. The molecule has 2 rings (SSSR count). The number of halogens is 2. The number of carbonyl (C=O) groups is 1. The molecule has 1 aliphatic heterocycles. The van der Waals surface area contributed by atoms with Crippen molar-refractivity contribution >= 4 is 29.9 Å². The minimum atomic E-state index is 0. The molecule has 1 unspecified atom stereocenters. The lowest BCUT2D eigenvalue weighted by atomic mass is 10.3. The van der Waals surface area contributed by atoms with E-state index in [1.807, 2.05) is 23.1 Å². The Kier molecular flexibility index (Phi) is 6.42. The average Bonchev–Trinajstić information content (AvgIpc) is 2.78. The summed E-state index contributed by atoms with van der Waals surface area (Å²) >= 11 is 5.90. The Morgan fingerprint density at radius 1 is 1.58 bits per heavy atom. The van der Waals surface area contributed by atoms with Gasteiger partial charge in [0.1, 0.15) is 11.9 Å². The molecule has 1 heterocycles. The van der Waals surface area contributed by atoms with Crippen LogP contribution < -0.4 is 10.1 Å². The van der Waals surface area contributed by atoms with E-state index < -0.39 is 0 Å². The molecule has 1 aromatic carbocycles. The number of amides is 1. The van der Waals surface area contributed by atoms with Crippen LogP contribution in [0, 0.1) is 0 Å². The lowest BCUT2D eigenvalue weighted by molar-refractivity contribution is -0.129. The summed E-state index contributed by atoms with van der Waals surface area (Å²) in [5.74, 6) is 0.880. The molecular weight excluding hydrogens is 287 g/mol. The standard InChI is InChI=1S/C13H17ClN2O2.ClH/c1-15-8-13(17)16-6-5-12(9-16)18-11-4-2-3-10(14)7-11;/h2-4,7,12,15H,5-6,8-9H2,1H3;1H. The van der Waals surface area contributed by atoms with Crippen LogP contribution in [0.1, 0.15) is 6.42 Å². The number of hydrogen-bond acceptors (Lipinski definition) is 3. The second kappa shape index (κ2) is 7.58. The molecular formula is C13H18Cl2N2O2. The van der Waals surface area contributed by atoms with Crippen molar-refractivity contribution in [1.29, 1.82) is 0 Å². The van der Waals surface area contributed by atoms with Gasteiger partial charge >= 0.3 is 0 Å². The first kappa shape index (κ1) is 16.1. The Labute approximate surface area is 124 Å². The van der Waals surface area contributed by atoms with Gasteiger partial charge in [-0.1, -0.05) is 17.7 Å². The number of likely N-dealkylation sites (N-methyl/N-ethyl adjacent to an activating group) is 1. The first-order valence-electron chi connectivity index (χ1n) is 6.03. The molecule has 1 N–H and O–H groups in total. The first-order valence-corrected chi connectivity index (χ1v) is 6.41. The van der Waals surface area contributed by atoms with Crippen LogP contribution in [0.15, 0.2) is 24.3 Å². The van der Waals surface area contributed by atoms with Gasteiger partial charge in [0, 0.05) is 18.0 Å². The molecule has 1 aromatic rings. The van der Waals surface area contributed by atoms with Crippen LogP contribution in [0.5, 0.6) is 5.75 Å². The van der Waals surface area contributed by atoms with Crippen LogP contribution in [0.25, 0.3) is 0 Å². The van der Waals surface area contributed by atoms with Crippen molar-refractivity contribution in [1.82, 2.24) is 10.2 Å². The van der Waals surface area contributed by atoms with Crippen LogP contribution in [0.2, 0.25) is 5.02 Å². The van der Waals surface area contributed by atoms with Gasteiger partial charge in [-0.15, -0.1) is 12.4 Å². The monoisotopic (exact) mass is 304 g/mol. The van der Waals surface area contributed by atoms with Gasteiger partial charge in [-0.05, 0) is 25.2 Å². The summed E-state index contributed by atoms with van der Waals surface area (Å²) in [4.78, 5) is 13.5. The van der Waals surface area contributed by atoms with Gasteiger partial charge < -0.3 is 15.0 Å². The molecule has 1 fully saturated rings. The van der Waals surface area contributed by atoms with E-state index in [2.05, 4.69) is 5.32 Å². The predicted octanol–water partition coefficient (Wildman–Crippen LogP) is 1.96. The van der Waals surface area contributed by atoms with E-state index in [0.717, 1.165) is 18.7 Å². The molecule has 0 aromatic heterocycles. The highest BCUT2D eigenvalue weighted by Gasteiger charge is 2.26. The van der Waals surface area contributed by atoms with Gasteiger partial charge in [0.05, 0.1) is 13.1 Å². The molecule has 1 aliphatic rings. The summed E-state index contributed by atoms with van der Waals surface area (Å²) in [7, 11) is 1.77. The minimum Gasteiger partial charge on any atom is -0.488 e. The maximum absolute atomic E-state index is 11.7. The first-order chi connectivity index (χ1) is 8.69. The van der Waals surface area contributed by atoms with E-state index in [1.165, 1.54) is 0 Å². The summed E-state index contributed by atoms with van der Waals surface area (Å²) in [6, 6.07) is 7.34. The lowest BCUT2D eigenvalue weighted by Gasteiger charge is -2.17. The summed E-state index contributed by atoms with van der Waals surface area (Å²) in [5, 5.41) is 3.53. The van der Waals surface area contributed by atoms with Crippen molar-refractivity contribution in [2.75, 3.05) is 26.7 Å². The third kappa shape index (κ3) is 4.56. The highest BCUT2D eigenvalue weighted by Crippen LogP contribution is 2.21. The molecule has 0 radical (unpaired) electrons. The number of rotatable bonds is 4. The van der Waals surface area contributed by atoms with Crippen LogP contribution in [-0.4, -0.2) is 43.6 Å². The normalized spacial score (nSPS) is 18.0. The zero-order valence-electron chi connectivity index (χ0n) is 10.8. The van der Waals surface area contributed by atoms with E-state index in [4.69, 9.17) is 16.3 Å². The number of hydrogen-bond donors (Lipinski definition) is 1. The Morgan fingerprint density at radius 2 is 2.37 bits per heavy atom. The van der Waals surface area contributed by atoms with Gasteiger partial charge in [-0.3, -0.25) is 4.79 Å². The molecule has 19 heavy (non-hydrogen) atoms. The van der Waals surface area contributed by atoms with Crippen molar-refractivity contribution < 1.29 is 9.53 Å². The molecule has 106 valence electrons. The summed E-state index contributed by atoms with van der Waals surface area (Å²) in [5.41, 5.74) is 0. The van der Waals surface area contributed by atoms with Gasteiger partial charge in [0.15, 0.2) is 0 Å². The van der Waals surface area contributed by atoms with Crippen LogP contribution in [0.3, 0.4) is 0 Å². The van der Waals surface area contributed by atoms with Crippen molar-refractivity contribution in [3.63, 3.8) is 0 Å². The Balaban J connectivity index is 0.00000180. The van der Waals surface area contributed by atoms with Crippen LogP contribution >= 0.6 is 24.0 Å². The SMILES string of the molecule is CNCC(=O)N1CCC(Oc2cccc(Cl)c2)C1.Cl. The van der Waals surface area contributed by atoms with Gasteiger partial charge in [-0.2, -0.15) is 0 Å². The molecule has 1 saturated heterocycles. The van der Waals surface area contributed by atoms with Crippen molar-refractivity contribution in [3.8, 4) is 5.75 Å². The Morgan fingerprint density at radius 3 is 3.05 bits per heavy atom.